The number of hydrogen-bond acceptors (Lipinski definition) is 5. The normalized spacial score (nSPS) is 18.0. The second kappa shape index (κ2) is 10.3. The number of amides is 1. The van der Waals surface area contributed by atoms with E-state index < -0.39 is 5.60 Å². The first-order chi connectivity index (χ1) is 15.2. The highest BCUT2D eigenvalue weighted by molar-refractivity contribution is 8.04. The molecule has 1 saturated heterocycles. The van der Waals surface area contributed by atoms with Gasteiger partial charge in [-0.3, -0.25) is 9.36 Å². The molecule has 1 fully saturated rings. The fraction of sp³-hybridized carbons (Fsp3) is 0.435. The Morgan fingerprint density at radius 1 is 1.38 bits per heavy atom. The maximum Gasteiger partial charge on any atom is 0.410 e. The minimum Gasteiger partial charge on any atom is -0.444 e. The van der Waals surface area contributed by atoms with E-state index in [-0.39, 0.29) is 11.7 Å². The first-order valence-electron chi connectivity index (χ1n) is 10.4. The molecule has 7 nitrogen and oxygen atoms in total. The summed E-state index contributed by atoms with van der Waals surface area (Å²) >= 11 is 7.43. The van der Waals surface area contributed by atoms with Gasteiger partial charge in [-0.1, -0.05) is 35.5 Å². The van der Waals surface area contributed by atoms with Crippen molar-refractivity contribution >= 4 is 40.7 Å². The Kier molecular flexibility index (Phi) is 7.75. The number of likely N-dealkylation sites (tertiary alicyclic amines) is 1. The highest BCUT2D eigenvalue weighted by Gasteiger charge is 2.29. The van der Waals surface area contributed by atoms with Crippen LogP contribution >= 0.6 is 23.4 Å². The summed E-state index contributed by atoms with van der Waals surface area (Å²) in [6.45, 7) is 7.05. The van der Waals surface area contributed by atoms with E-state index in [4.69, 9.17) is 22.8 Å². The van der Waals surface area contributed by atoms with Gasteiger partial charge < -0.3 is 9.64 Å². The molecule has 0 N–H and O–H groups in total. The molecule has 1 unspecified atom stereocenters. The number of aromatic nitrogens is 3. The number of allylic oxidation sites excluding steroid dienone is 4. The van der Waals surface area contributed by atoms with E-state index in [9.17, 15) is 9.59 Å². The van der Waals surface area contributed by atoms with Crippen LogP contribution < -0.4 is 5.56 Å². The van der Waals surface area contributed by atoms with E-state index in [0.29, 0.717) is 22.3 Å². The molecule has 9 heteroatoms. The maximum absolute atomic E-state index is 12.3. The zero-order valence-corrected chi connectivity index (χ0v) is 20.0. The third kappa shape index (κ3) is 5.99. The Bertz CT molecular complexity index is 1140. The number of rotatable bonds is 2. The average Bonchev–Trinajstić information content (AvgIpc) is 3.36. The fourth-order valence-electron chi connectivity index (χ4n) is 3.34. The summed E-state index contributed by atoms with van der Waals surface area (Å²) in [5.41, 5.74) is 0.699. The third-order valence-electron chi connectivity index (χ3n) is 4.82. The van der Waals surface area contributed by atoms with Crippen LogP contribution in [0.25, 0.3) is 11.2 Å². The summed E-state index contributed by atoms with van der Waals surface area (Å²) in [6, 6.07) is 1.67. The molecule has 4 rings (SSSR count). The lowest BCUT2D eigenvalue weighted by molar-refractivity contribution is 0.0295. The van der Waals surface area contributed by atoms with E-state index in [2.05, 4.69) is 10.4 Å². The minimum atomic E-state index is -0.422. The van der Waals surface area contributed by atoms with E-state index >= 15 is 0 Å². The molecule has 2 aliphatic rings. The first kappa shape index (κ1) is 24.0. The fourth-order valence-corrected chi connectivity index (χ4v) is 4.24. The summed E-state index contributed by atoms with van der Waals surface area (Å²) in [5.74, 6) is 0. The van der Waals surface area contributed by atoms with Crippen molar-refractivity contribution in [2.24, 2.45) is 0 Å². The molecule has 1 atom stereocenters. The predicted molar refractivity (Wildman–Crippen MR) is 130 cm³/mol. The van der Waals surface area contributed by atoms with Crippen LogP contribution in [-0.4, -0.2) is 49.1 Å². The van der Waals surface area contributed by atoms with Gasteiger partial charge in [0.05, 0.1) is 5.02 Å². The number of thioether (sulfide) groups is 1. The molecule has 0 radical (unpaired) electrons. The van der Waals surface area contributed by atoms with Crippen molar-refractivity contribution in [1.82, 2.24) is 19.1 Å². The predicted octanol–water partition coefficient (Wildman–Crippen LogP) is 4.66. The molecule has 0 saturated carbocycles. The Balaban J connectivity index is 0.000000183. The molecule has 32 heavy (non-hydrogen) atoms. The quantitative estimate of drug-likeness (QED) is 0.592. The molecule has 3 heterocycles. The van der Waals surface area contributed by atoms with Gasteiger partial charge >= 0.3 is 6.09 Å². The summed E-state index contributed by atoms with van der Waals surface area (Å²) in [5, 5.41) is 7.51. The number of ether oxygens (including phenoxy) is 1. The van der Waals surface area contributed by atoms with Crippen molar-refractivity contribution in [3.63, 3.8) is 0 Å². The second-order valence-electron chi connectivity index (χ2n) is 8.44. The lowest BCUT2D eigenvalue weighted by Gasteiger charge is -2.24. The van der Waals surface area contributed by atoms with Crippen molar-refractivity contribution in [3.8, 4) is 11.7 Å². The molecule has 1 aliphatic heterocycles. The summed E-state index contributed by atoms with van der Waals surface area (Å²) in [4.78, 5) is 25.6. The van der Waals surface area contributed by atoms with Crippen molar-refractivity contribution in [2.45, 2.75) is 50.9 Å². The van der Waals surface area contributed by atoms with Gasteiger partial charge in [0, 0.05) is 30.2 Å². The maximum atomic E-state index is 12.3. The molecule has 1 aliphatic carbocycles. The number of fused-ring (bicyclic) bond motifs is 1. The number of nitrogens with zero attached hydrogens (tertiary/aromatic N) is 4. The van der Waals surface area contributed by atoms with Gasteiger partial charge in [0.1, 0.15) is 17.4 Å². The van der Waals surface area contributed by atoms with Gasteiger partial charge in [0.15, 0.2) is 0 Å². The molecular formula is C23H27ClN4O3S. The minimum absolute atomic E-state index is 0.146. The van der Waals surface area contributed by atoms with Gasteiger partial charge in [-0.05, 0) is 57.4 Å². The van der Waals surface area contributed by atoms with Crippen LogP contribution in [0, 0.1) is 11.7 Å². The zero-order valence-electron chi connectivity index (χ0n) is 18.5. The molecule has 1 amide bonds. The summed E-state index contributed by atoms with van der Waals surface area (Å²) in [6.07, 6.45) is 17.1. The monoisotopic (exact) mass is 474 g/mol. The highest BCUT2D eigenvalue weighted by atomic mass is 35.5. The molecule has 0 aromatic carbocycles. The van der Waals surface area contributed by atoms with Crippen LogP contribution in [0.5, 0.6) is 0 Å². The molecule has 2 aromatic rings. The van der Waals surface area contributed by atoms with E-state index in [1.807, 2.05) is 39.0 Å². The Labute approximate surface area is 197 Å². The van der Waals surface area contributed by atoms with E-state index in [1.165, 1.54) is 27.2 Å². The van der Waals surface area contributed by atoms with Gasteiger partial charge in [0.25, 0.3) is 5.56 Å². The number of carbonyl (C=O) groups is 1. The molecule has 170 valence electrons. The molecule has 0 bridgehead atoms. The summed E-state index contributed by atoms with van der Waals surface area (Å²) in [7, 11) is 0. The SMILES string of the molecule is C#CSC1CCN(C(=O)OC(C)(C)C)C1.O=c1c2c(Cl)ccn2ncn1C1=CCCC=C1. The summed E-state index contributed by atoms with van der Waals surface area (Å²) < 4.78 is 8.29. The highest BCUT2D eigenvalue weighted by Crippen LogP contribution is 2.23. The van der Waals surface area contributed by atoms with Crippen molar-refractivity contribution in [2.75, 3.05) is 13.1 Å². The van der Waals surface area contributed by atoms with E-state index in [1.54, 1.807) is 17.2 Å². The zero-order chi connectivity index (χ0) is 23.3. The lowest BCUT2D eigenvalue weighted by atomic mass is 10.1. The van der Waals surface area contributed by atoms with Crippen molar-refractivity contribution in [3.05, 3.63) is 52.2 Å². The molecular weight excluding hydrogens is 448 g/mol. The Morgan fingerprint density at radius 3 is 2.81 bits per heavy atom. The van der Waals surface area contributed by atoms with Crippen LogP contribution in [-0.2, 0) is 4.74 Å². The smallest absolute Gasteiger partial charge is 0.410 e. The average molecular weight is 475 g/mol. The topological polar surface area (TPSA) is 68.8 Å². The molecule has 2 aromatic heterocycles. The van der Waals surface area contributed by atoms with Gasteiger partial charge in [-0.2, -0.15) is 5.10 Å². The largest absolute Gasteiger partial charge is 0.444 e. The van der Waals surface area contributed by atoms with Crippen molar-refractivity contribution < 1.29 is 9.53 Å². The van der Waals surface area contributed by atoms with Crippen LogP contribution in [0.15, 0.2) is 41.6 Å². The Hall–Kier alpha value is -2.63. The van der Waals surface area contributed by atoms with Crippen LogP contribution in [0.2, 0.25) is 5.02 Å². The van der Waals surface area contributed by atoms with Gasteiger partial charge in [-0.25, -0.2) is 9.31 Å². The number of hydrogen-bond donors (Lipinski definition) is 0. The standard InChI is InChI=1S/C12H10ClN3O.C11H17NO2S/c13-10-6-7-16-11(10)12(17)15(8-14-16)9-4-2-1-3-5-9;1-5-15-9-6-7-12(8-9)10(13)14-11(2,3)4/h2,4-8H,1,3H2;1,9H,6-8H2,2-4H3. The first-order valence-corrected chi connectivity index (χ1v) is 11.7. The van der Waals surface area contributed by atoms with Gasteiger partial charge in [-0.15, -0.1) is 6.42 Å². The van der Waals surface area contributed by atoms with Crippen molar-refractivity contribution in [1.29, 1.82) is 0 Å². The second-order valence-corrected chi connectivity index (χ2v) is 9.99. The van der Waals surface area contributed by atoms with Crippen LogP contribution in [0.4, 0.5) is 4.79 Å². The Morgan fingerprint density at radius 2 is 2.16 bits per heavy atom. The lowest BCUT2D eigenvalue weighted by Crippen LogP contribution is -2.35. The third-order valence-corrected chi connectivity index (χ3v) is 5.97. The van der Waals surface area contributed by atoms with Crippen LogP contribution in [0.1, 0.15) is 40.0 Å². The van der Waals surface area contributed by atoms with Gasteiger partial charge in [0.2, 0.25) is 0 Å². The number of halogens is 1. The number of terminal acetylenes is 1. The van der Waals surface area contributed by atoms with Crippen LogP contribution in [0.3, 0.4) is 0 Å². The van der Waals surface area contributed by atoms with E-state index in [0.717, 1.165) is 31.5 Å². The number of carbonyl (C=O) groups excluding carboxylic acids is 1. The molecule has 0 spiro atoms.